The van der Waals surface area contributed by atoms with Gasteiger partial charge in [-0.15, -0.1) is 11.8 Å². The molecule has 0 bridgehead atoms. The van der Waals surface area contributed by atoms with E-state index in [1.807, 2.05) is 30.5 Å². The van der Waals surface area contributed by atoms with E-state index in [1.54, 1.807) is 13.2 Å². The van der Waals surface area contributed by atoms with Crippen molar-refractivity contribution in [3.05, 3.63) is 41.7 Å². The summed E-state index contributed by atoms with van der Waals surface area (Å²) in [5, 5.41) is 4.78. The van der Waals surface area contributed by atoms with Gasteiger partial charge in [0.25, 0.3) is 5.88 Å². The predicted molar refractivity (Wildman–Crippen MR) is 93.1 cm³/mol. The Balaban J connectivity index is 1.61. The van der Waals surface area contributed by atoms with E-state index in [-0.39, 0.29) is 6.04 Å². The maximum atomic E-state index is 5.68. The van der Waals surface area contributed by atoms with E-state index < -0.39 is 0 Å². The molecule has 3 rings (SSSR count). The Hall–Kier alpha value is -1.99. The first-order chi connectivity index (χ1) is 11.8. The van der Waals surface area contributed by atoms with Crippen molar-refractivity contribution < 1.29 is 18.7 Å². The highest BCUT2D eigenvalue weighted by Crippen LogP contribution is 2.21. The second-order valence-corrected chi connectivity index (χ2v) is 6.12. The van der Waals surface area contributed by atoms with E-state index >= 15 is 0 Å². The van der Waals surface area contributed by atoms with Crippen molar-refractivity contribution in [3.8, 4) is 11.6 Å². The number of hydrogen-bond acceptors (Lipinski definition) is 7. The van der Waals surface area contributed by atoms with Crippen LogP contribution in [0.5, 0.6) is 11.6 Å². The van der Waals surface area contributed by atoms with E-state index in [0.717, 1.165) is 29.4 Å². The fourth-order valence-corrected chi connectivity index (χ4v) is 2.87. The number of benzene rings is 1. The van der Waals surface area contributed by atoms with Crippen LogP contribution in [0.25, 0.3) is 0 Å². The highest BCUT2D eigenvalue weighted by molar-refractivity contribution is 8.13. The van der Waals surface area contributed by atoms with Crippen LogP contribution in [0.1, 0.15) is 17.7 Å². The van der Waals surface area contributed by atoms with Gasteiger partial charge in [0.1, 0.15) is 17.4 Å². The molecule has 1 aromatic carbocycles. The average Bonchev–Trinajstić information content (AvgIpc) is 3.30. The van der Waals surface area contributed by atoms with Crippen LogP contribution < -0.4 is 9.47 Å². The van der Waals surface area contributed by atoms with Gasteiger partial charge in [0.15, 0.2) is 5.76 Å². The van der Waals surface area contributed by atoms with E-state index in [1.165, 1.54) is 11.8 Å². The van der Waals surface area contributed by atoms with Gasteiger partial charge in [-0.05, 0) is 35.5 Å². The van der Waals surface area contributed by atoms with Gasteiger partial charge in [-0.25, -0.2) is 0 Å². The molecule has 1 saturated heterocycles. The van der Waals surface area contributed by atoms with Gasteiger partial charge in [0.05, 0.1) is 25.8 Å². The Morgan fingerprint density at radius 3 is 2.88 bits per heavy atom. The molecule has 0 N–H and O–H groups in total. The third kappa shape index (κ3) is 4.30. The number of methoxy groups -OCH3 is 1. The summed E-state index contributed by atoms with van der Waals surface area (Å²) >= 11 is 1.53. The highest BCUT2D eigenvalue weighted by atomic mass is 32.2. The van der Waals surface area contributed by atoms with Crippen molar-refractivity contribution in [3.63, 3.8) is 0 Å². The second-order valence-electron chi connectivity index (χ2n) is 5.32. The number of hydrogen-bond donors (Lipinski definition) is 0. The van der Waals surface area contributed by atoms with Crippen molar-refractivity contribution in [2.24, 2.45) is 4.99 Å². The SMILES string of the molecule is COc1ccc(COc2cc(C(=N[C@H]3CCOC3)SC)on2)cc1. The minimum Gasteiger partial charge on any atom is -0.497 e. The second kappa shape index (κ2) is 8.21. The van der Waals surface area contributed by atoms with Crippen LogP contribution in [0.15, 0.2) is 39.8 Å². The zero-order valence-electron chi connectivity index (χ0n) is 13.7. The Bertz CT molecular complexity index is 678. The van der Waals surface area contributed by atoms with Crippen LogP contribution in [-0.4, -0.2) is 42.8 Å². The van der Waals surface area contributed by atoms with Crippen molar-refractivity contribution in [1.82, 2.24) is 5.16 Å². The fourth-order valence-electron chi connectivity index (χ4n) is 2.31. The van der Waals surface area contributed by atoms with Gasteiger partial charge >= 0.3 is 0 Å². The standard InChI is InChI=1S/C17H20N2O4S/c1-20-14-5-3-12(4-6-14)10-22-16-9-15(23-19-16)17(24-2)18-13-7-8-21-11-13/h3-6,9,13H,7-8,10-11H2,1-2H3/t13-/m0/s1. The molecular formula is C17H20N2O4S. The van der Waals surface area contributed by atoms with Crippen molar-refractivity contribution in [2.75, 3.05) is 26.6 Å². The number of ether oxygens (including phenoxy) is 3. The first kappa shape index (κ1) is 16.9. The molecule has 24 heavy (non-hydrogen) atoms. The molecule has 2 heterocycles. The van der Waals surface area contributed by atoms with Crippen molar-refractivity contribution >= 4 is 16.8 Å². The van der Waals surface area contributed by atoms with E-state index in [9.17, 15) is 0 Å². The smallest absolute Gasteiger partial charge is 0.255 e. The number of thioether (sulfide) groups is 1. The molecule has 1 atom stereocenters. The highest BCUT2D eigenvalue weighted by Gasteiger charge is 2.18. The van der Waals surface area contributed by atoms with Crippen LogP contribution in [0.3, 0.4) is 0 Å². The molecule has 1 aliphatic heterocycles. The summed E-state index contributed by atoms with van der Waals surface area (Å²) in [6.07, 6.45) is 2.91. The molecule has 2 aromatic rings. The van der Waals surface area contributed by atoms with E-state index in [4.69, 9.17) is 18.7 Å². The summed E-state index contributed by atoms with van der Waals surface area (Å²) in [5.74, 6) is 1.89. The minimum atomic E-state index is 0.196. The maximum absolute atomic E-state index is 5.68. The maximum Gasteiger partial charge on any atom is 0.255 e. The quantitative estimate of drug-likeness (QED) is 0.590. The Morgan fingerprint density at radius 1 is 1.38 bits per heavy atom. The first-order valence-electron chi connectivity index (χ1n) is 7.71. The Kier molecular flexibility index (Phi) is 5.77. The molecule has 1 aromatic heterocycles. The molecule has 1 fully saturated rings. The largest absolute Gasteiger partial charge is 0.497 e. The van der Waals surface area contributed by atoms with Gasteiger partial charge in [0, 0.05) is 6.61 Å². The van der Waals surface area contributed by atoms with Gasteiger partial charge in [-0.3, -0.25) is 4.99 Å². The first-order valence-corrected chi connectivity index (χ1v) is 8.93. The van der Waals surface area contributed by atoms with Crippen molar-refractivity contribution in [2.45, 2.75) is 19.1 Å². The zero-order valence-corrected chi connectivity index (χ0v) is 14.5. The summed E-state index contributed by atoms with van der Waals surface area (Å²) in [6.45, 7) is 1.85. The molecular weight excluding hydrogens is 328 g/mol. The lowest BCUT2D eigenvalue weighted by Crippen LogP contribution is -2.07. The van der Waals surface area contributed by atoms with Gasteiger partial charge < -0.3 is 18.7 Å². The average molecular weight is 348 g/mol. The molecule has 1 aliphatic rings. The lowest BCUT2D eigenvalue weighted by Gasteiger charge is -2.04. The molecule has 0 saturated carbocycles. The Morgan fingerprint density at radius 2 is 2.21 bits per heavy atom. The summed E-state index contributed by atoms with van der Waals surface area (Å²) in [6, 6.07) is 9.67. The summed E-state index contributed by atoms with van der Waals surface area (Å²) in [4.78, 5) is 4.67. The molecule has 0 aliphatic carbocycles. The molecule has 0 radical (unpaired) electrons. The summed E-state index contributed by atoms with van der Waals surface area (Å²) < 4.78 is 21.5. The number of nitrogens with zero attached hydrogens (tertiary/aromatic N) is 2. The topological polar surface area (TPSA) is 66.1 Å². The minimum absolute atomic E-state index is 0.196. The van der Waals surface area contributed by atoms with Gasteiger partial charge in [-0.1, -0.05) is 12.1 Å². The van der Waals surface area contributed by atoms with Crippen LogP contribution in [0.2, 0.25) is 0 Å². The van der Waals surface area contributed by atoms with Gasteiger partial charge in [0.2, 0.25) is 0 Å². The summed E-state index contributed by atoms with van der Waals surface area (Å²) in [7, 11) is 1.64. The molecule has 0 unspecified atom stereocenters. The third-order valence-electron chi connectivity index (χ3n) is 3.64. The Labute approximate surface area is 145 Å². The predicted octanol–water partition coefficient (Wildman–Crippen LogP) is 3.16. The third-order valence-corrected chi connectivity index (χ3v) is 4.34. The lowest BCUT2D eigenvalue weighted by atomic mass is 10.2. The summed E-state index contributed by atoms with van der Waals surface area (Å²) in [5.41, 5.74) is 1.03. The molecule has 0 spiro atoms. The normalized spacial score (nSPS) is 17.9. The molecule has 0 amide bonds. The van der Waals surface area contributed by atoms with E-state index in [0.29, 0.717) is 24.9 Å². The monoisotopic (exact) mass is 348 g/mol. The fraction of sp³-hybridized carbons (Fsp3) is 0.412. The molecule has 128 valence electrons. The van der Waals surface area contributed by atoms with Crippen LogP contribution in [0.4, 0.5) is 0 Å². The van der Waals surface area contributed by atoms with Crippen molar-refractivity contribution in [1.29, 1.82) is 0 Å². The van der Waals surface area contributed by atoms with E-state index in [2.05, 4.69) is 10.1 Å². The molecule has 6 nitrogen and oxygen atoms in total. The number of aromatic nitrogens is 1. The van der Waals surface area contributed by atoms with Crippen LogP contribution in [-0.2, 0) is 11.3 Å². The molecule has 7 heteroatoms. The lowest BCUT2D eigenvalue weighted by molar-refractivity contribution is 0.194. The zero-order chi connectivity index (χ0) is 16.8. The van der Waals surface area contributed by atoms with Crippen LogP contribution >= 0.6 is 11.8 Å². The number of rotatable bonds is 6. The van der Waals surface area contributed by atoms with Gasteiger partial charge in [-0.2, -0.15) is 0 Å². The number of aliphatic imine (C=N–C) groups is 1. The van der Waals surface area contributed by atoms with Crippen LogP contribution in [0, 0.1) is 0 Å².